The van der Waals surface area contributed by atoms with Crippen LogP contribution >= 0.6 is 0 Å². The second-order valence-electron chi connectivity index (χ2n) is 7.33. The fourth-order valence-electron chi connectivity index (χ4n) is 3.55. The molecule has 1 fully saturated rings. The van der Waals surface area contributed by atoms with E-state index in [2.05, 4.69) is 50.1 Å². The van der Waals surface area contributed by atoms with Crippen molar-refractivity contribution < 1.29 is 4.74 Å². The SMILES string of the molecule is CCCNCc1ccnc(OC2CC(C)CC(C)(C)C2)c1. The molecule has 0 amide bonds. The van der Waals surface area contributed by atoms with E-state index in [1.165, 1.54) is 12.0 Å². The molecule has 0 saturated heterocycles. The van der Waals surface area contributed by atoms with Crippen LogP contribution in [-0.4, -0.2) is 17.6 Å². The Balaban J connectivity index is 1.94. The average Bonchev–Trinajstić information content (AvgIpc) is 2.37. The van der Waals surface area contributed by atoms with E-state index < -0.39 is 0 Å². The van der Waals surface area contributed by atoms with Crippen molar-refractivity contribution in [2.75, 3.05) is 6.54 Å². The summed E-state index contributed by atoms with van der Waals surface area (Å²) < 4.78 is 6.17. The maximum Gasteiger partial charge on any atom is 0.213 e. The monoisotopic (exact) mass is 290 g/mol. The van der Waals surface area contributed by atoms with Gasteiger partial charge >= 0.3 is 0 Å². The second kappa shape index (κ2) is 7.26. The Kier molecular flexibility index (Phi) is 5.63. The Morgan fingerprint density at radius 3 is 2.90 bits per heavy atom. The van der Waals surface area contributed by atoms with Crippen LogP contribution < -0.4 is 10.1 Å². The molecule has 1 aromatic heterocycles. The zero-order valence-corrected chi connectivity index (χ0v) is 14.0. The summed E-state index contributed by atoms with van der Waals surface area (Å²) in [5.74, 6) is 1.51. The number of aromatic nitrogens is 1. The normalized spacial score (nSPS) is 24.8. The number of rotatable bonds is 6. The predicted octanol–water partition coefficient (Wildman–Crippen LogP) is 4.17. The van der Waals surface area contributed by atoms with Crippen LogP contribution in [0.15, 0.2) is 18.3 Å². The van der Waals surface area contributed by atoms with E-state index >= 15 is 0 Å². The van der Waals surface area contributed by atoms with Crippen LogP contribution in [0.4, 0.5) is 0 Å². The third-order valence-electron chi connectivity index (χ3n) is 4.19. The van der Waals surface area contributed by atoms with Gasteiger partial charge in [0.15, 0.2) is 0 Å². The lowest BCUT2D eigenvalue weighted by Crippen LogP contribution is -2.34. The van der Waals surface area contributed by atoms with Crippen LogP contribution in [0.5, 0.6) is 5.88 Å². The number of nitrogens with zero attached hydrogens (tertiary/aromatic N) is 1. The molecule has 0 spiro atoms. The molecule has 1 saturated carbocycles. The van der Waals surface area contributed by atoms with Crippen LogP contribution in [0, 0.1) is 11.3 Å². The van der Waals surface area contributed by atoms with Crippen molar-refractivity contribution in [3.63, 3.8) is 0 Å². The lowest BCUT2D eigenvalue weighted by molar-refractivity contribution is 0.0532. The van der Waals surface area contributed by atoms with Gasteiger partial charge in [-0.25, -0.2) is 4.98 Å². The maximum absolute atomic E-state index is 6.17. The number of hydrogen-bond acceptors (Lipinski definition) is 3. The molecule has 1 aliphatic rings. The summed E-state index contributed by atoms with van der Waals surface area (Å²) in [5.41, 5.74) is 1.62. The van der Waals surface area contributed by atoms with Crippen molar-refractivity contribution in [1.82, 2.24) is 10.3 Å². The van der Waals surface area contributed by atoms with Crippen LogP contribution in [0.25, 0.3) is 0 Å². The van der Waals surface area contributed by atoms with Gasteiger partial charge in [-0.15, -0.1) is 0 Å². The van der Waals surface area contributed by atoms with Gasteiger partial charge in [0, 0.05) is 18.8 Å². The Morgan fingerprint density at radius 2 is 2.19 bits per heavy atom. The molecule has 1 heterocycles. The first-order chi connectivity index (χ1) is 9.98. The van der Waals surface area contributed by atoms with E-state index in [4.69, 9.17) is 4.74 Å². The van der Waals surface area contributed by atoms with Gasteiger partial charge in [-0.2, -0.15) is 0 Å². The molecule has 1 aromatic rings. The van der Waals surface area contributed by atoms with Gasteiger partial charge in [0.2, 0.25) is 5.88 Å². The van der Waals surface area contributed by atoms with Crippen molar-refractivity contribution in [3.8, 4) is 5.88 Å². The molecule has 0 bridgehead atoms. The van der Waals surface area contributed by atoms with E-state index in [9.17, 15) is 0 Å². The van der Waals surface area contributed by atoms with E-state index in [-0.39, 0.29) is 0 Å². The van der Waals surface area contributed by atoms with Crippen molar-refractivity contribution in [1.29, 1.82) is 0 Å². The highest BCUT2D eigenvalue weighted by Crippen LogP contribution is 2.39. The van der Waals surface area contributed by atoms with Crippen LogP contribution in [-0.2, 0) is 6.54 Å². The Hall–Kier alpha value is -1.09. The van der Waals surface area contributed by atoms with Gasteiger partial charge in [0.25, 0.3) is 0 Å². The molecular formula is C18H30N2O. The number of pyridine rings is 1. The first-order valence-corrected chi connectivity index (χ1v) is 8.31. The van der Waals surface area contributed by atoms with Crippen molar-refractivity contribution >= 4 is 0 Å². The smallest absolute Gasteiger partial charge is 0.213 e. The summed E-state index contributed by atoms with van der Waals surface area (Å²) in [5, 5.41) is 3.42. The van der Waals surface area contributed by atoms with Gasteiger partial charge in [-0.3, -0.25) is 0 Å². The molecule has 0 aliphatic heterocycles. The molecule has 2 rings (SSSR count). The zero-order valence-electron chi connectivity index (χ0n) is 14.0. The molecule has 1 aliphatic carbocycles. The Morgan fingerprint density at radius 1 is 1.38 bits per heavy atom. The molecular weight excluding hydrogens is 260 g/mol. The molecule has 3 nitrogen and oxygen atoms in total. The van der Waals surface area contributed by atoms with Gasteiger partial charge in [-0.1, -0.05) is 27.7 Å². The maximum atomic E-state index is 6.17. The summed E-state index contributed by atoms with van der Waals surface area (Å²) >= 11 is 0. The highest BCUT2D eigenvalue weighted by atomic mass is 16.5. The zero-order chi connectivity index (χ0) is 15.3. The van der Waals surface area contributed by atoms with E-state index in [0.29, 0.717) is 11.5 Å². The first kappa shape index (κ1) is 16.3. The molecule has 0 radical (unpaired) electrons. The Labute approximate surface area is 129 Å². The second-order valence-corrected chi connectivity index (χ2v) is 7.33. The summed E-state index contributed by atoms with van der Waals surface area (Å²) in [6, 6.07) is 4.14. The topological polar surface area (TPSA) is 34.2 Å². The number of hydrogen-bond donors (Lipinski definition) is 1. The summed E-state index contributed by atoms with van der Waals surface area (Å²) in [6.45, 7) is 11.1. The quantitative estimate of drug-likeness (QED) is 0.798. The van der Waals surface area contributed by atoms with Crippen LogP contribution in [0.2, 0.25) is 0 Å². The average molecular weight is 290 g/mol. The summed E-state index contributed by atoms with van der Waals surface area (Å²) in [6.07, 6.45) is 6.87. The first-order valence-electron chi connectivity index (χ1n) is 8.31. The number of nitrogens with one attached hydrogen (secondary N) is 1. The minimum Gasteiger partial charge on any atom is -0.474 e. The van der Waals surface area contributed by atoms with E-state index in [1.54, 1.807) is 0 Å². The van der Waals surface area contributed by atoms with Crippen molar-refractivity contribution in [2.45, 2.75) is 66.0 Å². The third kappa shape index (κ3) is 5.31. The molecule has 118 valence electrons. The molecule has 2 unspecified atom stereocenters. The summed E-state index contributed by atoms with van der Waals surface area (Å²) in [7, 11) is 0. The highest BCUT2D eigenvalue weighted by Gasteiger charge is 2.33. The lowest BCUT2D eigenvalue weighted by Gasteiger charge is -2.38. The fourth-order valence-corrected chi connectivity index (χ4v) is 3.55. The standard InChI is InChI=1S/C18H30N2O/c1-5-7-19-13-15-6-8-20-17(10-15)21-16-9-14(2)11-18(3,4)12-16/h6,8,10,14,16,19H,5,7,9,11-13H2,1-4H3. The third-order valence-corrected chi connectivity index (χ3v) is 4.19. The predicted molar refractivity (Wildman–Crippen MR) is 87.4 cm³/mol. The van der Waals surface area contributed by atoms with Gasteiger partial charge in [0.1, 0.15) is 6.10 Å². The highest BCUT2D eigenvalue weighted by molar-refractivity contribution is 5.20. The van der Waals surface area contributed by atoms with E-state index in [1.807, 2.05) is 6.20 Å². The minimum absolute atomic E-state index is 0.301. The van der Waals surface area contributed by atoms with Crippen molar-refractivity contribution in [2.24, 2.45) is 11.3 Å². The van der Waals surface area contributed by atoms with Crippen molar-refractivity contribution in [3.05, 3.63) is 23.9 Å². The lowest BCUT2D eigenvalue weighted by atomic mass is 9.71. The largest absolute Gasteiger partial charge is 0.474 e. The van der Waals surface area contributed by atoms with E-state index in [0.717, 1.165) is 44.1 Å². The fraction of sp³-hybridized carbons (Fsp3) is 0.722. The van der Waals surface area contributed by atoms with Gasteiger partial charge < -0.3 is 10.1 Å². The van der Waals surface area contributed by atoms with Gasteiger partial charge in [-0.05, 0) is 55.2 Å². The molecule has 3 heteroatoms. The van der Waals surface area contributed by atoms with Gasteiger partial charge in [0.05, 0.1) is 0 Å². The van der Waals surface area contributed by atoms with Crippen LogP contribution in [0.1, 0.15) is 58.9 Å². The molecule has 1 N–H and O–H groups in total. The number of ether oxygens (including phenoxy) is 1. The molecule has 21 heavy (non-hydrogen) atoms. The van der Waals surface area contributed by atoms with Crippen LogP contribution in [0.3, 0.4) is 0 Å². The Bertz CT molecular complexity index is 445. The summed E-state index contributed by atoms with van der Waals surface area (Å²) in [4.78, 5) is 4.38. The minimum atomic E-state index is 0.301. The molecule has 0 aromatic carbocycles. The molecule has 2 atom stereocenters.